The first-order chi connectivity index (χ1) is 9.43. The van der Waals surface area contributed by atoms with E-state index in [1.165, 1.54) is 16.7 Å². The van der Waals surface area contributed by atoms with Crippen molar-refractivity contribution in [3.05, 3.63) is 34.9 Å². The molecular weight excluding hydrogens is 248 g/mol. The van der Waals surface area contributed by atoms with Crippen LogP contribution in [0.25, 0.3) is 0 Å². The molecule has 0 saturated carbocycles. The Morgan fingerprint density at radius 3 is 2.20 bits per heavy atom. The van der Waals surface area contributed by atoms with Crippen LogP contribution in [0.1, 0.15) is 43.0 Å². The van der Waals surface area contributed by atoms with Crippen molar-refractivity contribution >= 4 is 0 Å². The van der Waals surface area contributed by atoms with Crippen LogP contribution in [0, 0.1) is 13.8 Å². The van der Waals surface area contributed by atoms with Crippen molar-refractivity contribution in [1.29, 1.82) is 0 Å². The fraction of sp³-hybridized carbons (Fsp3) is 0.647. The van der Waals surface area contributed by atoms with Crippen molar-refractivity contribution in [3.8, 4) is 0 Å². The standard InChI is InChI=1S/C17H30N2O/c1-13(2)19(8-9-20-5)7-6-17(18)16-11-14(3)10-15(4)12-16/h10-13,17H,6-9,18H2,1-5H3. The number of hydrogen-bond donors (Lipinski definition) is 1. The summed E-state index contributed by atoms with van der Waals surface area (Å²) in [5.41, 5.74) is 10.2. The van der Waals surface area contributed by atoms with Gasteiger partial charge in [-0.2, -0.15) is 0 Å². The summed E-state index contributed by atoms with van der Waals surface area (Å²) in [6.45, 7) is 11.4. The molecule has 0 bridgehead atoms. The highest BCUT2D eigenvalue weighted by molar-refractivity contribution is 5.30. The Morgan fingerprint density at radius 1 is 1.10 bits per heavy atom. The Kier molecular flexibility index (Phi) is 7.20. The van der Waals surface area contributed by atoms with Crippen LogP contribution >= 0.6 is 0 Å². The van der Waals surface area contributed by atoms with Gasteiger partial charge in [0.15, 0.2) is 0 Å². The third-order valence-electron chi connectivity index (χ3n) is 3.71. The second kappa shape index (κ2) is 8.40. The number of nitrogens with two attached hydrogens (primary N) is 1. The topological polar surface area (TPSA) is 38.5 Å². The number of ether oxygens (including phenoxy) is 1. The van der Waals surface area contributed by atoms with E-state index in [0.717, 1.165) is 26.1 Å². The van der Waals surface area contributed by atoms with E-state index < -0.39 is 0 Å². The Hall–Kier alpha value is -0.900. The van der Waals surface area contributed by atoms with Gasteiger partial charge in [0.2, 0.25) is 0 Å². The minimum atomic E-state index is 0.109. The van der Waals surface area contributed by atoms with Gasteiger partial charge < -0.3 is 10.5 Å². The molecule has 0 amide bonds. The molecule has 0 radical (unpaired) electrons. The fourth-order valence-corrected chi connectivity index (χ4v) is 2.53. The molecule has 20 heavy (non-hydrogen) atoms. The molecule has 3 heteroatoms. The molecule has 1 atom stereocenters. The van der Waals surface area contributed by atoms with Gasteiger partial charge in [0, 0.05) is 32.3 Å². The highest BCUT2D eigenvalue weighted by Crippen LogP contribution is 2.18. The summed E-state index contributed by atoms with van der Waals surface area (Å²) in [4.78, 5) is 2.42. The number of benzene rings is 1. The SMILES string of the molecule is COCCN(CCC(N)c1cc(C)cc(C)c1)C(C)C. The minimum Gasteiger partial charge on any atom is -0.383 e. The van der Waals surface area contributed by atoms with Crippen molar-refractivity contribution in [1.82, 2.24) is 4.90 Å². The zero-order valence-electron chi connectivity index (χ0n) is 13.6. The number of nitrogens with zero attached hydrogens (tertiary/aromatic N) is 1. The molecular formula is C17H30N2O. The average Bonchev–Trinajstić information content (AvgIpc) is 2.36. The third-order valence-corrected chi connectivity index (χ3v) is 3.71. The maximum absolute atomic E-state index is 6.35. The van der Waals surface area contributed by atoms with Crippen LogP contribution in [-0.4, -0.2) is 37.7 Å². The molecule has 0 aliphatic carbocycles. The van der Waals surface area contributed by atoms with Gasteiger partial charge in [0.25, 0.3) is 0 Å². The van der Waals surface area contributed by atoms with Gasteiger partial charge in [-0.25, -0.2) is 0 Å². The lowest BCUT2D eigenvalue weighted by atomic mass is 9.99. The molecule has 0 aliphatic heterocycles. The molecule has 1 unspecified atom stereocenters. The number of methoxy groups -OCH3 is 1. The van der Waals surface area contributed by atoms with Crippen molar-refractivity contribution in [2.75, 3.05) is 26.8 Å². The third kappa shape index (κ3) is 5.61. The fourth-order valence-electron chi connectivity index (χ4n) is 2.53. The number of aryl methyl sites for hydroxylation is 2. The van der Waals surface area contributed by atoms with E-state index >= 15 is 0 Å². The normalized spacial score (nSPS) is 13.2. The number of hydrogen-bond acceptors (Lipinski definition) is 3. The van der Waals surface area contributed by atoms with Crippen molar-refractivity contribution in [3.63, 3.8) is 0 Å². The lowest BCUT2D eigenvalue weighted by Crippen LogP contribution is -2.36. The molecule has 1 aromatic carbocycles. The maximum Gasteiger partial charge on any atom is 0.0589 e. The Labute approximate surface area is 124 Å². The number of rotatable bonds is 8. The largest absolute Gasteiger partial charge is 0.383 e. The minimum absolute atomic E-state index is 0.109. The van der Waals surface area contributed by atoms with Crippen molar-refractivity contribution in [2.24, 2.45) is 5.73 Å². The maximum atomic E-state index is 6.35. The second-order valence-corrected chi connectivity index (χ2v) is 5.94. The molecule has 114 valence electrons. The highest BCUT2D eigenvalue weighted by Gasteiger charge is 2.13. The molecule has 0 aromatic heterocycles. The quantitative estimate of drug-likeness (QED) is 0.794. The average molecular weight is 278 g/mol. The van der Waals surface area contributed by atoms with Gasteiger partial charge in [-0.1, -0.05) is 29.3 Å². The summed E-state index contributed by atoms with van der Waals surface area (Å²) in [7, 11) is 1.75. The Bertz CT molecular complexity index is 384. The summed E-state index contributed by atoms with van der Waals surface area (Å²) in [6, 6.07) is 7.22. The van der Waals surface area contributed by atoms with Crippen LogP contribution in [0.15, 0.2) is 18.2 Å². The smallest absolute Gasteiger partial charge is 0.0589 e. The van der Waals surface area contributed by atoms with E-state index in [2.05, 4.69) is 50.8 Å². The van der Waals surface area contributed by atoms with Crippen LogP contribution in [0.4, 0.5) is 0 Å². The van der Waals surface area contributed by atoms with E-state index in [1.807, 2.05) is 0 Å². The van der Waals surface area contributed by atoms with Gasteiger partial charge in [0.1, 0.15) is 0 Å². The lowest BCUT2D eigenvalue weighted by Gasteiger charge is -2.27. The van der Waals surface area contributed by atoms with Gasteiger partial charge in [-0.05, 0) is 39.7 Å². The molecule has 0 spiro atoms. The van der Waals surface area contributed by atoms with Crippen LogP contribution in [0.3, 0.4) is 0 Å². The summed E-state index contributed by atoms with van der Waals surface area (Å²) in [5.74, 6) is 0. The van der Waals surface area contributed by atoms with Crippen molar-refractivity contribution in [2.45, 2.75) is 46.2 Å². The van der Waals surface area contributed by atoms with E-state index in [4.69, 9.17) is 10.5 Å². The van der Waals surface area contributed by atoms with Gasteiger partial charge in [0.05, 0.1) is 6.61 Å². The Morgan fingerprint density at radius 2 is 1.70 bits per heavy atom. The van der Waals surface area contributed by atoms with E-state index in [9.17, 15) is 0 Å². The first-order valence-electron chi connectivity index (χ1n) is 7.50. The zero-order valence-corrected chi connectivity index (χ0v) is 13.6. The predicted octanol–water partition coefficient (Wildman–Crippen LogP) is 3.05. The van der Waals surface area contributed by atoms with Gasteiger partial charge in [-0.3, -0.25) is 4.90 Å². The molecule has 0 heterocycles. The van der Waals surface area contributed by atoms with Crippen LogP contribution < -0.4 is 5.73 Å². The molecule has 1 aromatic rings. The molecule has 2 N–H and O–H groups in total. The summed E-state index contributed by atoms with van der Waals surface area (Å²) >= 11 is 0. The van der Waals surface area contributed by atoms with Crippen LogP contribution in [-0.2, 0) is 4.74 Å². The summed E-state index contributed by atoms with van der Waals surface area (Å²) in [5, 5.41) is 0. The van der Waals surface area contributed by atoms with Crippen molar-refractivity contribution < 1.29 is 4.74 Å². The summed E-state index contributed by atoms with van der Waals surface area (Å²) < 4.78 is 5.17. The molecule has 1 rings (SSSR count). The van der Waals surface area contributed by atoms with Gasteiger partial charge in [-0.15, -0.1) is 0 Å². The zero-order chi connectivity index (χ0) is 15.1. The highest BCUT2D eigenvalue weighted by atomic mass is 16.5. The first kappa shape index (κ1) is 17.2. The monoisotopic (exact) mass is 278 g/mol. The predicted molar refractivity (Wildman–Crippen MR) is 86.0 cm³/mol. The Balaban J connectivity index is 2.58. The lowest BCUT2D eigenvalue weighted by molar-refractivity contribution is 0.127. The summed E-state index contributed by atoms with van der Waals surface area (Å²) in [6.07, 6.45) is 0.977. The molecule has 0 fully saturated rings. The van der Waals surface area contributed by atoms with E-state index in [1.54, 1.807) is 7.11 Å². The van der Waals surface area contributed by atoms with Gasteiger partial charge >= 0.3 is 0 Å². The molecule has 0 saturated heterocycles. The van der Waals surface area contributed by atoms with E-state index in [0.29, 0.717) is 6.04 Å². The van der Waals surface area contributed by atoms with Crippen LogP contribution in [0.5, 0.6) is 0 Å². The van der Waals surface area contributed by atoms with E-state index in [-0.39, 0.29) is 6.04 Å². The first-order valence-corrected chi connectivity index (χ1v) is 7.50. The molecule has 3 nitrogen and oxygen atoms in total. The van der Waals surface area contributed by atoms with Crippen LogP contribution in [0.2, 0.25) is 0 Å². The molecule has 0 aliphatic rings. The second-order valence-electron chi connectivity index (χ2n) is 5.94.